The molecule has 4 aromatic rings. The number of nitrogens with one attached hydrogen (secondary N) is 1. The SMILES string of the molecule is NC(=O)c1ccccc1-c1c(-c2nccs2)noc1NC(=O)c1ccccc1. The highest BCUT2D eigenvalue weighted by Gasteiger charge is 2.25. The van der Waals surface area contributed by atoms with Crippen molar-refractivity contribution in [2.24, 2.45) is 5.73 Å². The van der Waals surface area contributed by atoms with Crippen LogP contribution in [0.5, 0.6) is 0 Å². The van der Waals surface area contributed by atoms with E-state index in [4.69, 9.17) is 10.3 Å². The fraction of sp³-hybridized carbons (Fsp3) is 0. The van der Waals surface area contributed by atoms with Crippen LogP contribution in [-0.4, -0.2) is 22.0 Å². The quantitative estimate of drug-likeness (QED) is 0.538. The van der Waals surface area contributed by atoms with Crippen LogP contribution in [0.2, 0.25) is 0 Å². The zero-order valence-electron chi connectivity index (χ0n) is 14.5. The van der Waals surface area contributed by atoms with Gasteiger partial charge in [-0.2, -0.15) is 0 Å². The van der Waals surface area contributed by atoms with Gasteiger partial charge in [-0.25, -0.2) is 4.98 Å². The number of aromatic nitrogens is 2. The third-order valence-corrected chi connectivity index (χ3v) is 4.83. The molecule has 0 fully saturated rings. The summed E-state index contributed by atoms with van der Waals surface area (Å²) >= 11 is 1.37. The third-order valence-electron chi connectivity index (χ3n) is 4.05. The van der Waals surface area contributed by atoms with Crippen LogP contribution in [0, 0.1) is 0 Å². The molecule has 28 heavy (non-hydrogen) atoms. The van der Waals surface area contributed by atoms with Crippen molar-refractivity contribution < 1.29 is 14.1 Å². The number of amides is 2. The van der Waals surface area contributed by atoms with Gasteiger partial charge in [0.15, 0.2) is 5.69 Å². The van der Waals surface area contributed by atoms with E-state index in [1.165, 1.54) is 11.3 Å². The molecule has 2 amide bonds. The molecule has 0 atom stereocenters. The van der Waals surface area contributed by atoms with Gasteiger partial charge < -0.3 is 10.3 Å². The van der Waals surface area contributed by atoms with Gasteiger partial charge in [-0.15, -0.1) is 11.3 Å². The molecule has 8 heteroatoms. The van der Waals surface area contributed by atoms with E-state index in [0.29, 0.717) is 33.0 Å². The minimum Gasteiger partial charge on any atom is -0.366 e. The van der Waals surface area contributed by atoms with Crippen LogP contribution in [0.4, 0.5) is 5.88 Å². The first-order valence-electron chi connectivity index (χ1n) is 8.30. The Morgan fingerprint density at radius 1 is 1.04 bits per heavy atom. The number of benzene rings is 2. The number of carbonyl (C=O) groups excluding carboxylic acids is 2. The first kappa shape index (κ1) is 17.6. The van der Waals surface area contributed by atoms with Gasteiger partial charge in [0.25, 0.3) is 5.91 Å². The topological polar surface area (TPSA) is 111 Å². The Kier molecular flexibility index (Phi) is 4.69. The lowest BCUT2D eigenvalue weighted by Crippen LogP contribution is -2.14. The van der Waals surface area contributed by atoms with Crippen LogP contribution in [0.1, 0.15) is 20.7 Å². The van der Waals surface area contributed by atoms with E-state index in [1.807, 2.05) is 6.07 Å². The third kappa shape index (κ3) is 3.28. The number of anilines is 1. The van der Waals surface area contributed by atoms with Crippen LogP contribution >= 0.6 is 11.3 Å². The molecule has 0 radical (unpaired) electrons. The van der Waals surface area contributed by atoms with Crippen LogP contribution < -0.4 is 11.1 Å². The van der Waals surface area contributed by atoms with Crippen molar-refractivity contribution in [3.63, 3.8) is 0 Å². The zero-order valence-corrected chi connectivity index (χ0v) is 15.3. The maximum Gasteiger partial charge on any atom is 0.258 e. The van der Waals surface area contributed by atoms with Gasteiger partial charge in [0.05, 0.1) is 5.56 Å². The molecule has 2 heterocycles. The molecular weight excluding hydrogens is 376 g/mol. The van der Waals surface area contributed by atoms with E-state index in [9.17, 15) is 9.59 Å². The van der Waals surface area contributed by atoms with E-state index < -0.39 is 5.91 Å². The number of thiazole rings is 1. The molecule has 0 bridgehead atoms. The molecule has 4 rings (SSSR count). The molecule has 0 spiro atoms. The van der Waals surface area contributed by atoms with Crippen molar-refractivity contribution in [2.45, 2.75) is 0 Å². The van der Waals surface area contributed by atoms with E-state index >= 15 is 0 Å². The average molecular weight is 390 g/mol. The molecule has 0 aliphatic rings. The van der Waals surface area contributed by atoms with Crippen molar-refractivity contribution in [3.05, 3.63) is 77.3 Å². The summed E-state index contributed by atoms with van der Waals surface area (Å²) < 4.78 is 5.43. The molecule has 0 aliphatic heterocycles. The Morgan fingerprint density at radius 3 is 2.50 bits per heavy atom. The standard InChI is InChI=1S/C20H14N4O3S/c21-17(25)14-9-5-4-8-13(14)15-16(20-22-10-11-28-20)24-27-19(15)23-18(26)12-6-2-1-3-7-12/h1-11H,(H2,21,25)(H,23,26). The summed E-state index contributed by atoms with van der Waals surface area (Å²) in [5.41, 5.74) is 7.67. The minimum absolute atomic E-state index is 0.118. The summed E-state index contributed by atoms with van der Waals surface area (Å²) in [5.74, 6) is -0.838. The Bertz CT molecular complexity index is 1140. The van der Waals surface area contributed by atoms with Gasteiger partial charge >= 0.3 is 0 Å². The first-order chi connectivity index (χ1) is 13.6. The number of nitrogens with zero attached hydrogens (tertiary/aromatic N) is 2. The molecule has 138 valence electrons. The summed E-state index contributed by atoms with van der Waals surface area (Å²) in [7, 11) is 0. The number of rotatable bonds is 5. The number of nitrogens with two attached hydrogens (primary N) is 1. The Morgan fingerprint density at radius 2 is 1.79 bits per heavy atom. The predicted octanol–water partition coefficient (Wildman–Crippen LogP) is 3.82. The summed E-state index contributed by atoms with van der Waals surface area (Å²) in [4.78, 5) is 28.8. The normalized spacial score (nSPS) is 10.6. The molecule has 0 saturated carbocycles. The van der Waals surface area contributed by atoms with Gasteiger partial charge in [0.2, 0.25) is 11.8 Å². The molecular formula is C20H14N4O3S. The fourth-order valence-corrected chi connectivity index (χ4v) is 3.42. The predicted molar refractivity (Wildman–Crippen MR) is 106 cm³/mol. The van der Waals surface area contributed by atoms with Gasteiger partial charge in [-0.3, -0.25) is 14.9 Å². The van der Waals surface area contributed by atoms with Gasteiger partial charge in [0.1, 0.15) is 5.01 Å². The van der Waals surface area contributed by atoms with Gasteiger partial charge in [0, 0.05) is 28.3 Å². The van der Waals surface area contributed by atoms with E-state index in [2.05, 4.69) is 15.5 Å². The van der Waals surface area contributed by atoms with E-state index in [1.54, 1.807) is 60.1 Å². The minimum atomic E-state index is -0.595. The summed E-state index contributed by atoms with van der Waals surface area (Å²) in [6, 6.07) is 15.5. The monoisotopic (exact) mass is 390 g/mol. The highest BCUT2D eigenvalue weighted by atomic mass is 32.1. The number of hydrogen-bond acceptors (Lipinski definition) is 6. The number of primary amides is 1. The van der Waals surface area contributed by atoms with Crippen LogP contribution in [0.25, 0.3) is 21.8 Å². The molecule has 3 N–H and O–H groups in total. The van der Waals surface area contributed by atoms with Crippen LogP contribution in [-0.2, 0) is 0 Å². The second kappa shape index (κ2) is 7.45. The maximum atomic E-state index is 12.6. The molecule has 0 saturated heterocycles. The summed E-state index contributed by atoms with van der Waals surface area (Å²) in [6.45, 7) is 0. The van der Waals surface area contributed by atoms with Crippen molar-refractivity contribution in [2.75, 3.05) is 5.32 Å². The summed E-state index contributed by atoms with van der Waals surface area (Å²) in [5, 5.41) is 9.22. The zero-order chi connectivity index (χ0) is 19.5. The van der Waals surface area contributed by atoms with Crippen molar-refractivity contribution in [3.8, 4) is 21.8 Å². The molecule has 2 aromatic carbocycles. The number of carbonyl (C=O) groups is 2. The Labute approximate surface area is 163 Å². The first-order valence-corrected chi connectivity index (χ1v) is 9.18. The lowest BCUT2D eigenvalue weighted by molar-refractivity contribution is 0.0998. The Balaban J connectivity index is 1.85. The lowest BCUT2D eigenvalue weighted by atomic mass is 9.99. The van der Waals surface area contributed by atoms with Gasteiger partial charge in [-0.05, 0) is 18.2 Å². The number of hydrogen-bond donors (Lipinski definition) is 2. The fourth-order valence-electron chi connectivity index (χ4n) is 2.79. The molecule has 0 unspecified atom stereocenters. The van der Waals surface area contributed by atoms with Crippen molar-refractivity contribution in [1.82, 2.24) is 10.1 Å². The molecule has 0 aliphatic carbocycles. The van der Waals surface area contributed by atoms with E-state index in [-0.39, 0.29) is 11.8 Å². The lowest BCUT2D eigenvalue weighted by Gasteiger charge is -2.08. The van der Waals surface area contributed by atoms with Crippen molar-refractivity contribution in [1.29, 1.82) is 0 Å². The highest BCUT2D eigenvalue weighted by Crippen LogP contribution is 2.40. The van der Waals surface area contributed by atoms with Crippen molar-refractivity contribution >= 4 is 29.0 Å². The molecule has 7 nitrogen and oxygen atoms in total. The van der Waals surface area contributed by atoms with Crippen LogP contribution in [0.3, 0.4) is 0 Å². The average Bonchev–Trinajstić information content (AvgIpc) is 3.38. The Hall–Kier alpha value is -3.78. The smallest absolute Gasteiger partial charge is 0.258 e. The largest absolute Gasteiger partial charge is 0.366 e. The second-order valence-electron chi connectivity index (χ2n) is 5.80. The van der Waals surface area contributed by atoms with Gasteiger partial charge in [-0.1, -0.05) is 41.6 Å². The van der Waals surface area contributed by atoms with Crippen LogP contribution in [0.15, 0.2) is 70.7 Å². The maximum absolute atomic E-state index is 12.6. The molecule has 2 aromatic heterocycles. The second-order valence-corrected chi connectivity index (χ2v) is 6.70. The van der Waals surface area contributed by atoms with E-state index in [0.717, 1.165) is 0 Å². The summed E-state index contributed by atoms with van der Waals surface area (Å²) in [6.07, 6.45) is 1.64. The highest BCUT2D eigenvalue weighted by molar-refractivity contribution is 7.13.